The number of hydrogen-bond acceptors (Lipinski definition) is 5. The lowest BCUT2D eigenvalue weighted by atomic mass is 9.96. The monoisotopic (exact) mass is 566 g/mol. The van der Waals surface area contributed by atoms with Gasteiger partial charge in [0.1, 0.15) is 18.3 Å². The third-order valence-electron chi connectivity index (χ3n) is 7.13. The summed E-state index contributed by atoms with van der Waals surface area (Å²) in [6.07, 6.45) is 5.71. The number of aliphatic hydroxyl groups excluding tert-OH is 1. The molecule has 1 aliphatic carbocycles. The summed E-state index contributed by atoms with van der Waals surface area (Å²) in [5, 5.41) is 15.3. The van der Waals surface area contributed by atoms with E-state index in [1.807, 2.05) is 12.2 Å². The summed E-state index contributed by atoms with van der Waals surface area (Å²) in [6.45, 7) is 0.585. The van der Waals surface area contributed by atoms with Gasteiger partial charge in [-0.3, -0.25) is 9.59 Å². The van der Waals surface area contributed by atoms with Crippen molar-refractivity contribution in [3.63, 3.8) is 0 Å². The van der Waals surface area contributed by atoms with Crippen molar-refractivity contribution < 1.29 is 37.3 Å². The molecule has 2 heterocycles. The number of anilines is 2. The molecule has 2 aromatic rings. The van der Waals surface area contributed by atoms with Gasteiger partial charge in [-0.1, -0.05) is 48.6 Å². The summed E-state index contributed by atoms with van der Waals surface area (Å²) in [6, 6.07) is 9.82. The fourth-order valence-electron chi connectivity index (χ4n) is 5.00. The van der Waals surface area contributed by atoms with Crippen LogP contribution in [0.3, 0.4) is 0 Å². The lowest BCUT2D eigenvalue weighted by Crippen LogP contribution is -2.38. The van der Waals surface area contributed by atoms with Crippen molar-refractivity contribution in [1.82, 2.24) is 0 Å². The zero-order chi connectivity index (χ0) is 29.0. The van der Waals surface area contributed by atoms with Gasteiger partial charge in [-0.2, -0.15) is 13.2 Å². The SMILES string of the molecule is O=C(/C=C/C=C(\c1ccc(C(F)(F)F)cc1)C1COCC(C2=CC=CCC2)O1)Nc1cccc2c1CC(O)C(=O)N2. The van der Waals surface area contributed by atoms with E-state index < -0.39 is 35.8 Å². The van der Waals surface area contributed by atoms with Crippen LogP contribution in [0.1, 0.15) is 29.5 Å². The second kappa shape index (κ2) is 12.3. The van der Waals surface area contributed by atoms with Crippen molar-refractivity contribution in [2.45, 2.75) is 43.8 Å². The average Bonchev–Trinajstić information content (AvgIpc) is 2.96. The number of alkyl halides is 3. The zero-order valence-corrected chi connectivity index (χ0v) is 22.0. The number of nitrogens with one attached hydrogen (secondary N) is 2. The van der Waals surface area contributed by atoms with E-state index >= 15 is 0 Å². The molecule has 2 aliphatic heterocycles. The Labute approximate surface area is 235 Å². The van der Waals surface area contributed by atoms with Crippen LogP contribution < -0.4 is 10.6 Å². The van der Waals surface area contributed by atoms with Crippen molar-refractivity contribution in [2.75, 3.05) is 23.8 Å². The first-order valence-corrected chi connectivity index (χ1v) is 13.3. The number of amides is 2. The summed E-state index contributed by atoms with van der Waals surface area (Å²) in [5.74, 6) is -0.972. The van der Waals surface area contributed by atoms with Crippen molar-refractivity contribution >= 4 is 28.8 Å². The Morgan fingerprint density at radius 2 is 1.93 bits per heavy atom. The number of benzene rings is 2. The minimum Gasteiger partial charge on any atom is -0.383 e. The number of rotatable bonds is 6. The van der Waals surface area contributed by atoms with Gasteiger partial charge in [-0.15, -0.1) is 0 Å². The van der Waals surface area contributed by atoms with E-state index in [1.54, 1.807) is 24.3 Å². The van der Waals surface area contributed by atoms with Crippen LogP contribution >= 0.6 is 0 Å². The number of carbonyl (C=O) groups excluding carboxylic acids is 2. The molecule has 0 bridgehead atoms. The van der Waals surface area contributed by atoms with Crippen molar-refractivity contribution in [3.05, 3.63) is 101 Å². The molecule has 0 radical (unpaired) electrons. The predicted octanol–water partition coefficient (Wildman–Crippen LogP) is 5.20. The molecule has 41 heavy (non-hydrogen) atoms. The third kappa shape index (κ3) is 6.84. The number of halogens is 3. The van der Waals surface area contributed by atoms with Gasteiger partial charge >= 0.3 is 6.18 Å². The summed E-state index contributed by atoms with van der Waals surface area (Å²) < 4.78 is 51.8. The van der Waals surface area contributed by atoms with Crippen LogP contribution in [0, 0.1) is 0 Å². The van der Waals surface area contributed by atoms with E-state index in [4.69, 9.17) is 9.47 Å². The van der Waals surface area contributed by atoms with Crippen LogP contribution in [0.2, 0.25) is 0 Å². The van der Waals surface area contributed by atoms with Crippen molar-refractivity contribution in [2.24, 2.45) is 0 Å². The van der Waals surface area contributed by atoms with Crippen LogP contribution in [0.15, 0.2) is 84.5 Å². The lowest BCUT2D eigenvalue weighted by Gasteiger charge is -2.33. The molecule has 7 nitrogen and oxygen atoms in total. The van der Waals surface area contributed by atoms with E-state index in [-0.39, 0.29) is 19.1 Å². The molecule has 3 aliphatic rings. The molecule has 3 unspecified atom stereocenters. The van der Waals surface area contributed by atoms with Gasteiger partial charge in [0.05, 0.1) is 18.8 Å². The second-order valence-electron chi connectivity index (χ2n) is 9.95. The van der Waals surface area contributed by atoms with Crippen LogP contribution in [-0.2, 0) is 31.7 Å². The van der Waals surface area contributed by atoms with Gasteiger partial charge in [0.15, 0.2) is 0 Å². The fraction of sp³-hybridized carbons (Fsp3) is 0.290. The molecule has 0 saturated carbocycles. The fourth-order valence-corrected chi connectivity index (χ4v) is 5.00. The summed E-state index contributed by atoms with van der Waals surface area (Å²) in [7, 11) is 0. The molecule has 5 rings (SSSR count). The van der Waals surface area contributed by atoms with Crippen LogP contribution in [0.25, 0.3) is 5.57 Å². The van der Waals surface area contributed by atoms with Gasteiger partial charge < -0.3 is 25.2 Å². The highest BCUT2D eigenvalue weighted by Gasteiger charge is 2.32. The smallest absolute Gasteiger partial charge is 0.383 e. The Morgan fingerprint density at radius 3 is 2.66 bits per heavy atom. The van der Waals surface area contributed by atoms with Crippen LogP contribution in [0.4, 0.5) is 24.5 Å². The topological polar surface area (TPSA) is 96.9 Å². The molecule has 214 valence electrons. The number of carbonyl (C=O) groups is 2. The van der Waals surface area contributed by atoms with Gasteiger partial charge in [-0.25, -0.2) is 0 Å². The molecule has 10 heteroatoms. The van der Waals surface area contributed by atoms with Crippen molar-refractivity contribution in [1.29, 1.82) is 0 Å². The van der Waals surface area contributed by atoms with Crippen molar-refractivity contribution in [3.8, 4) is 0 Å². The molecule has 2 amide bonds. The molecular weight excluding hydrogens is 537 g/mol. The average molecular weight is 567 g/mol. The standard InChI is InChI=1S/C31H29F3N2O5/c32-31(33,34)21-14-12-19(13-15-21)22(28-18-40-17-27(41-28)20-6-2-1-3-7-20)8-4-11-29(38)35-24-9-5-10-25-23(24)16-26(37)30(39)36-25/h1-2,4-6,8-15,26-28,37H,3,7,16-18H2,(H,35,38)(H,36,39)/b11-4+,22-8+. The highest BCUT2D eigenvalue weighted by molar-refractivity contribution is 6.03. The quantitative estimate of drug-likeness (QED) is 0.330. The molecular formula is C31H29F3N2O5. The maximum Gasteiger partial charge on any atom is 0.416 e. The Hall–Kier alpha value is -3.99. The van der Waals surface area contributed by atoms with E-state index in [9.17, 15) is 27.9 Å². The summed E-state index contributed by atoms with van der Waals surface area (Å²) in [4.78, 5) is 24.6. The molecule has 3 N–H and O–H groups in total. The first-order valence-electron chi connectivity index (χ1n) is 13.3. The Kier molecular flexibility index (Phi) is 8.53. The van der Waals surface area contributed by atoms with Gasteiger partial charge in [0.25, 0.3) is 5.91 Å². The maximum absolute atomic E-state index is 13.2. The minimum atomic E-state index is -4.47. The molecule has 1 saturated heterocycles. The van der Waals surface area contributed by atoms with E-state index in [1.165, 1.54) is 24.3 Å². The second-order valence-corrected chi connectivity index (χ2v) is 9.95. The Morgan fingerprint density at radius 1 is 1.12 bits per heavy atom. The predicted molar refractivity (Wildman–Crippen MR) is 148 cm³/mol. The zero-order valence-electron chi connectivity index (χ0n) is 22.0. The molecule has 1 fully saturated rings. The Bertz CT molecular complexity index is 1430. The first kappa shape index (κ1) is 28.5. The summed E-state index contributed by atoms with van der Waals surface area (Å²) >= 11 is 0. The van der Waals surface area contributed by atoms with E-state index in [2.05, 4.69) is 16.7 Å². The first-order chi connectivity index (χ1) is 19.7. The lowest BCUT2D eigenvalue weighted by molar-refractivity contribution is -0.137. The van der Waals surface area contributed by atoms with E-state index in [0.717, 1.165) is 30.5 Å². The summed E-state index contributed by atoms with van der Waals surface area (Å²) in [5.41, 5.74) is 2.98. The minimum absolute atomic E-state index is 0.0612. The highest BCUT2D eigenvalue weighted by Crippen LogP contribution is 2.33. The normalized spacial score (nSPS) is 23.1. The van der Waals surface area contributed by atoms with E-state index in [0.29, 0.717) is 34.7 Å². The maximum atomic E-state index is 13.2. The molecule has 3 atom stereocenters. The van der Waals surface area contributed by atoms with Gasteiger partial charge in [0.2, 0.25) is 5.91 Å². The number of hydrogen-bond donors (Lipinski definition) is 3. The third-order valence-corrected chi connectivity index (χ3v) is 7.13. The molecule has 2 aromatic carbocycles. The molecule has 0 aromatic heterocycles. The molecule has 0 spiro atoms. The largest absolute Gasteiger partial charge is 0.416 e. The van der Waals surface area contributed by atoms with Gasteiger partial charge in [0, 0.05) is 29.4 Å². The number of ether oxygens (including phenoxy) is 2. The van der Waals surface area contributed by atoms with Crippen LogP contribution in [0.5, 0.6) is 0 Å². The van der Waals surface area contributed by atoms with Crippen LogP contribution in [-0.4, -0.2) is 48.4 Å². The van der Waals surface area contributed by atoms with Gasteiger partial charge in [-0.05, 0) is 53.8 Å². The number of fused-ring (bicyclic) bond motifs is 1. The Balaban J connectivity index is 1.37. The highest BCUT2D eigenvalue weighted by atomic mass is 19.4. The number of aliphatic hydroxyl groups is 1. The number of allylic oxidation sites excluding steroid dienone is 5.